The number of benzene rings is 1. The molecule has 0 aliphatic rings. The molecule has 3 heteroatoms. The van der Waals surface area contributed by atoms with Crippen LogP contribution in [0.4, 0.5) is 0 Å². The van der Waals surface area contributed by atoms with E-state index in [-0.39, 0.29) is 0 Å². The summed E-state index contributed by atoms with van der Waals surface area (Å²) in [7, 11) is 1.68. The first-order chi connectivity index (χ1) is 8.74. The van der Waals surface area contributed by atoms with Crippen molar-refractivity contribution in [2.24, 2.45) is 0 Å². The van der Waals surface area contributed by atoms with Crippen LogP contribution in [0.3, 0.4) is 0 Å². The first-order valence-corrected chi connectivity index (χ1v) is 6.10. The Morgan fingerprint density at radius 1 is 1.17 bits per heavy atom. The van der Waals surface area contributed by atoms with Crippen molar-refractivity contribution in [3.8, 4) is 11.3 Å². The first kappa shape index (κ1) is 12.9. The third kappa shape index (κ3) is 2.81. The maximum Gasteiger partial charge on any atom is 0.134 e. The van der Waals surface area contributed by atoms with Crippen LogP contribution in [0.1, 0.15) is 30.8 Å². The zero-order chi connectivity index (χ0) is 13.0. The Morgan fingerprint density at radius 2 is 1.89 bits per heavy atom. The molecule has 0 bridgehead atoms. The molecular weight excluding hydrogens is 228 g/mol. The summed E-state index contributed by atoms with van der Waals surface area (Å²) in [6.45, 7) is 2.53. The second kappa shape index (κ2) is 5.85. The van der Waals surface area contributed by atoms with E-state index >= 15 is 0 Å². The van der Waals surface area contributed by atoms with Gasteiger partial charge in [-0.1, -0.05) is 31.2 Å². The zero-order valence-electron chi connectivity index (χ0n) is 10.7. The van der Waals surface area contributed by atoms with Crippen molar-refractivity contribution < 1.29 is 14.3 Å². The van der Waals surface area contributed by atoms with E-state index in [2.05, 4.69) is 0 Å². The van der Waals surface area contributed by atoms with Gasteiger partial charge in [0.2, 0.25) is 0 Å². The average Bonchev–Trinajstić information content (AvgIpc) is 2.89. The van der Waals surface area contributed by atoms with Gasteiger partial charge in [-0.25, -0.2) is 0 Å². The van der Waals surface area contributed by atoms with Crippen molar-refractivity contribution in [3.05, 3.63) is 47.7 Å². The van der Waals surface area contributed by atoms with Crippen LogP contribution in [0.5, 0.6) is 0 Å². The molecule has 0 spiro atoms. The Kier molecular flexibility index (Phi) is 4.18. The van der Waals surface area contributed by atoms with Crippen LogP contribution in [-0.4, -0.2) is 12.2 Å². The lowest BCUT2D eigenvalue weighted by atomic mass is 10.1. The molecule has 1 aromatic heterocycles. The predicted molar refractivity (Wildman–Crippen MR) is 70.1 cm³/mol. The number of methoxy groups -OCH3 is 1. The van der Waals surface area contributed by atoms with E-state index < -0.39 is 6.10 Å². The van der Waals surface area contributed by atoms with Crippen LogP contribution in [-0.2, 0) is 11.3 Å². The molecule has 2 aromatic rings. The largest absolute Gasteiger partial charge is 0.458 e. The fraction of sp³-hybridized carbons (Fsp3) is 0.333. The van der Waals surface area contributed by atoms with Crippen molar-refractivity contribution in [2.75, 3.05) is 7.11 Å². The van der Waals surface area contributed by atoms with Gasteiger partial charge < -0.3 is 14.3 Å². The first-order valence-electron chi connectivity index (χ1n) is 6.10. The van der Waals surface area contributed by atoms with Gasteiger partial charge in [-0.05, 0) is 24.1 Å². The standard InChI is InChI=1S/C15H18O3/c1-3-13(16)15-9-8-14(18-15)12-6-4-11(5-7-12)10-17-2/h4-9,13,16H,3,10H2,1-2H3. The Labute approximate surface area is 107 Å². The number of hydrogen-bond acceptors (Lipinski definition) is 3. The summed E-state index contributed by atoms with van der Waals surface area (Å²) >= 11 is 0. The highest BCUT2D eigenvalue weighted by Gasteiger charge is 2.11. The maximum absolute atomic E-state index is 9.69. The lowest BCUT2D eigenvalue weighted by Crippen LogP contribution is -1.91. The van der Waals surface area contributed by atoms with Crippen LogP contribution >= 0.6 is 0 Å². The minimum Gasteiger partial charge on any atom is -0.458 e. The third-order valence-electron chi connectivity index (χ3n) is 2.89. The van der Waals surface area contributed by atoms with Crippen molar-refractivity contribution in [1.29, 1.82) is 0 Å². The molecule has 0 radical (unpaired) electrons. The molecule has 3 nitrogen and oxygen atoms in total. The minimum absolute atomic E-state index is 0.522. The van der Waals surface area contributed by atoms with Gasteiger partial charge in [0.1, 0.15) is 17.6 Å². The second-order valence-corrected chi connectivity index (χ2v) is 4.26. The van der Waals surface area contributed by atoms with Crippen LogP contribution in [0.15, 0.2) is 40.8 Å². The normalized spacial score (nSPS) is 12.6. The van der Waals surface area contributed by atoms with E-state index in [0.717, 1.165) is 16.9 Å². The number of furan rings is 1. The van der Waals surface area contributed by atoms with E-state index in [1.807, 2.05) is 43.3 Å². The average molecular weight is 246 g/mol. The molecule has 18 heavy (non-hydrogen) atoms. The highest BCUT2D eigenvalue weighted by molar-refractivity contribution is 5.58. The van der Waals surface area contributed by atoms with E-state index in [1.54, 1.807) is 7.11 Å². The van der Waals surface area contributed by atoms with Gasteiger partial charge in [0, 0.05) is 12.7 Å². The van der Waals surface area contributed by atoms with E-state index in [1.165, 1.54) is 0 Å². The quantitative estimate of drug-likeness (QED) is 0.877. The Morgan fingerprint density at radius 3 is 2.50 bits per heavy atom. The monoisotopic (exact) mass is 246 g/mol. The molecule has 0 amide bonds. The smallest absolute Gasteiger partial charge is 0.134 e. The molecular formula is C15H18O3. The molecule has 1 heterocycles. The summed E-state index contributed by atoms with van der Waals surface area (Å²) in [4.78, 5) is 0. The minimum atomic E-state index is -0.522. The Bertz CT molecular complexity index is 485. The number of aliphatic hydroxyl groups excluding tert-OH is 1. The number of hydrogen-bond donors (Lipinski definition) is 1. The molecule has 1 unspecified atom stereocenters. The summed E-state index contributed by atoms with van der Waals surface area (Å²) in [5.74, 6) is 1.40. The van der Waals surface area contributed by atoms with Crippen molar-refractivity contribution >= 4 is 0 Å². The van der Waals surface area contributed by atoms with E-state index in [4.69, 9.17) is 9.15 Å². The highest BCUT2D eigenvalue weighted by Crippen LogP contribution is 2.26. The number of ether oxygens (including phenoxy) is 1. The van der Waals surface area contributed by atoms with Crippen molar-refractivity contribution in [3.63, 3.8) is 0 Å². The second-order valence-electron chi connectivity index (χ2n) is 4.26. The van der Waals surface area contributed by atoms with E-state index in [9.17, 15) is 5.11 Å². The van der Waals surface area contributed by atoms with Gasteiger partial charge in [-0.15, -0.1) is 0 Å². The van der Waals surface area contributed by atoms with Gasteiger partial charge in [0.15, 0.2) is 0 Å². The summed E-state index contributed by atoms with van der Waals surface area (Å²) in [5.41, 5.74) is 2.13. The SMILES string of the molecule is CCC(O)c1ccc(-c2ccc(COC)cc2)o1. The molecule has 0 aliphatic carbocycles. The summed E-state index contributed by atoms with van der Waals surface area (Å²) in [5, 5.41) is 9.69. The number of aliphatic hydroxyl groups is 1. The van der Waals surface area contributed by atoms with Gasteiger partial charge in [0.25, 0.3) is 0 Å². The summed E-state index contributed by atoms with van der Waals surface area (Å²) in [6.07, 6.45) is 0.131. The highest BCUT2D eigenvalue weighted by atomic mass is 16.5. The molecule has 1 N–H and O–H groups in total. The molecule has 0 fully saturated rings. The zero-order valence-corrected chi connectivity index (χ0v) is 10.7. The Hall–Kier alpha value is -1.58. The lowest BCUT2D eigenvalue weighted by molar-refractivity contribution is 0.147. The molecule has 2 rings (SSSR count). The molecule has 1 aromatic carbocycles. The van der Waals surface area contributed by atoms with Crippen LogP contribution < -0.4 is 0 Å². The van der Waals surface area contributed by atoms with Gasteiger partial charge >= 0.3 is 0 Å². The molecule has 1 atom stereocenters. The van der Waals surface area contributed by atoms with Crippen LogP contribution in [0.2, 0.25) is 0 Å². The summed E-state index contributed by atoms with van der Waals surface area (Å²) in [6, 6.07) is 11.7. The van der Waals surface area contributed by atoms with Crippen LogP contribution in [0.25, 0.3) is 11.3 Å². The lowest BCUT2D eigenvalue weighted by Gasteiger charge is -2.04. The predicted octanol–water partition coefficient (Wildman–Crippen LogP) is 3.54. The molecule has 0 aliphatic heterocycles. The third-order valence-corrected chi connectivity index (χ3v) is 2.89. The molecule has 0 saturated heterocycles. The Balaban J connectivity index is 2.18. The van der Waals surface area contributed by atoms with Crippen molar-refractivity contribution in [1.82, 2.24) is 0 Å². The van der Waals surface area contributed by atoms with Crippen molar-refractivity contribution in [2.45, 2.75) is 26.1 Å². The number of rotatable bonds is 5. The topological polar surface area (TPSA) is 42.6 Å². The van der Waals surface area contributed by atoms with Gasteiger partial charge in [0.05, 0.1) is 6.61 Å². The van der Waals surface area contributed by atoms with Gasteiger partial charge in [-0.2, -0.15) is 0 Å². The fourth-order valence-corrected chi connectivity index (χ4v) is 1.82. The maximum atomic E-state index is 9.69. The fourth-order valence-electron chi connectivity index (χ4n) is 1.82. The summed E-state index contributed by atoms with van der Waals surface area (Å²) < 4.78 is 10.7. The van der Waals surface area contributed by atoms with Gasteiger partial charge in [-0.3, -0.25) is 0 Å². The molecule has 96 valence electrons. The molecule has 0 saturated carbocycles. The van der Waals surface area contributed by atoms with Crippen LogP contribution in [0, 0.1) is 0 Å². The van der Waals surface area contributed by atoms with E-state index in [0.29, 0.717) is 18.8 Å².